The molecule has 0 aromatic heterocycles. The average Bonchev–Trinajstić information content (AvgIpc) is 2.75. The Bertz CT molecular complexity index is 270. The fourth-order valence-corrected chi connectivity index (χ4v) is 2.25. The molecule has 1 aliphatic heterocycles. The van der Waals surface area contributed by atoms with Crippen LogP contribution in [0.25, 0.3) is 0 Å². The van der Waals surface area contributed by atoms with E-state index in [1.165, 1.54) is 25.2 Å². The van der Waals surface area contributed by atoms with Crippen molar-refractivity contribution in [3.05, 3.63) is 30.3 Å². The standard InChI is InChI=1S/C11H13N/c1-2-4-11(5-3-1)12-7-9-6-10(9)8-12/h1-5,9-10H,6-8H2/t9-,10+. The van der Waals surface area contributed by atoms with Gasteiger partial charge < -0.3 is 4.90 Å². The third-order valence-corrected chi connectivity index (χ3v) is 3.10. The van der Waals surface area contributed by atoms with Gasteiger partial charge in [-0.2, -0.15) is 0 Å². The molecular formula is C11H13N. The van der Waals surface area contributed by atoms with Crippen LogP contribution >= 0.6 is 0 Å². The molecule has 1 saturated carbocycles. The summed E-state index contributed by atoms with van der Waals surface area (Å²) in [6.07, 6.45) is 1.49. The van der Waals surface area contributed by atoms with E-state index in [1.54, 1.807) is 0 Å². The molecule has 2 aliphatic rings. The largest absolute Gasteiger partial charge is 0.371 e. The summed E-state index contributed by atoms with van der Waals surface area (Å²) >= 11 is 0. The second-order valence-corrected chi connectivity index (χ2v) is 4.00. The average molecular weight is 159 g/mol. The highest BCUT2D eigenvalue weighted by Crippen LogP contribution is 2.46. The van der Waals surface area contributed by atoms with E-state index in [0.717, 1.165) is 11.8 Å². The first-order valence-electron chi connectivity index (χ1n) is 4.73. The lowest BCUT2D eigenvalue weighted by Crippen LogP contribution is -2.21. The van der Waals surface area contributed by atoms with Crippen LogP contribution in [0, 0.1) is 11.8 Å². The zero-order valence-electron chi connectivity index (χ0n) is 7.11. The van der Waals surface area contributed by atoms with Gasteiger partial charge in [0.25, 0.3) is 0 Å². The molecular weight excluding hydrogens is 146 g/mol. The number of hydrogen-bond donors (Lipinski definition) is 0. The molecule has 2 fully saturated rings. The van der Waals surface area contributed by atoms with Crippen molar-refractivity contribution in [2.75, 3.05) is 18.0 Å². The molecule has 2 atom stereocenters. The van der Waals surface area contributed by atoms with Crippen LogP contribution in [0.4, 0.5) is 5.69 Å². The molecule has 0 unspecified atom stereocenters. The van der Waals surface area contributed by atoms with Crippen molar-refractivity contribution in [3.8, 4) is 0 Å². The predicted octanol–water partition coefficient (Wildman–Crippen LogP) is 2.14. The minimum Gasteiger partial charge on any atom is -0.371 e. The van der Waals surface area contributed by atoms with Gasteiger partial charge in [-0.25, -0.2) is 0 Å². The molecule has 1 aromatic carbocycles. The first-order valence-corrected chi connectivity index (χ1v) is 4.73. The maximum Gasteiger partial charge on any atom is 0.0366 e. The minimum absolute atomic E-state index is 1.03. The van der Waals surface area contributed by atoms with Crippen LogP contribution in [0.15, 0.2) is 30.3 Å². The van der Waals surface area contributed by atoms with Crippen LogP contribution in [-0.2, 0) is 0 Å². The fraction of sp³-hybridized carbons (Fsp3) is 0.455. The van der Waals surface area contributed by atoms with E-state index in [2.05, 4.69) is 35.2 Å². The summed E-state index contributed by atoms with van der Waals surface area (Å²) in [7, 11) is 0. The van der Waals surface area contributed by atoms with E-state index >= 15 is 0 Å². The molecule has 62 valence electrons. The van der Waals surface area contributed by atoms with Gasteiger partial charge in [0, 0.05) is 18.8 Å². The Morgan fingerprint density at radius 3 is 2.33 bits per heavy atom. The normalized spacial score (nSPS) is 31.8. The monoisotopic (exact) mass is 159 g/mol. The van der Waals surface area contributed by atoms with Gasteiger partial charge in [-0.1, -0.05) is 18.2 Å². The molecule has 0 radical (unpaired) electrons. The van der Waals surface area contributed by atoms with Crippen LogP contribution in [0.5, 0.6) is 0 Å². The quantitative estimate of drug-likeness (QED) is 0.607. The van der Waals surface area contributed by atoms with E-state index in [9.17, 15) is 0 Å². The van der Waals surface area contributed by atoms with Crippen LogP contribution in [0.3, 0.4) is 0 Å². The first-order chi connectivity index (χ1) is 5.93. The van der Waals surface area contributed by atoms with Crippen molar-refractivity contribution in [1.29, 1.82) is 0 Å². The van der Waals surface area contributed by atoms with Crippen molar-refractivity contribution in [3.63, 3.8) is 0 Å². The molecule has 1 aliphatic carbocycles. The van der Waals surface area contributed by atoms with E-state index in [-0.39, 0.29) is 0 Å². The molecule has 1 nitrogen and oxygen atoms in total. The smallest absolute Gasteiger partial charge is 0.0366 e. The highest BCUT2D eigenvalue weighted by atomic mass is 15.2. The van der Waals surface area contributed by atoms with Gasteiger partial charge in [0.05, 0.1) is 0 Å². The van der Waals surface area contributed by atoms with Crippen molar-refractivity contribution in [2.45, 2.75) is 6.42 Å². The van der Waals surface area contributed by atoms with Gasteiger partial charge >= 0.3 is 0 Å². The first kappa shape index (κ1) is 6.53. The summed E-state index contributed by atoms with van der Waals surface area (Å²) in [6, 6.07) is 10.8. The predicted molar refractivity (Wildman–Crippen MR) is 50.3 cm³/mol. The number of nitrogens with zero attached hydrogens (tertiary/aromatic N) is 1. The molecule has 1 heteroatoms. The zero-order chi connectivity index (χ0) is 7.97. The highest BCUT2D eigenvalue weighted by Gasteiger charge is 2.44. The molecule has 1 heterocycles. The Balaban J connectivity index is 1.82. The summed E-state index contributed by atoms with van der Waals surface area (Å²) in [5, 5.41) is 0. The molecule has 1 aromatic rings. The molecule has 0 bridgehead atoms. The minimum atomic E-state index is 1.03. The lowest BCUT2D eigenvalue weighted by atomic mass is 10.3. The summed E-state index contributed by atoms with van der Waals surface area (Å²) in [4.78, 5) is 2.51. The third kappa shape index (κ3) is 0.927. The topological polar surface area (TPSA) is 3.24 Å². The molecule has 3 rings (SSSR count). The third-order valence-electron chi connectivity index (χ3n) is 3.10. The SMILES string of the molecule is c1ccc(N2C[C@H]3C[C@H]3C2)cc1. The Morgan fingerprint density at radius 2 is 1.67 bits per heavy atom. The zero-order valence-corrected chi connectivity index (χ0v) is 7.11. The second kappa shape index (κ2) is 2.25. The fourth-order valence-electron chi connectivity index (χ4n) is 2.25. The maximum atomic E-state index is 2.51. The molecule has 0 N–H and O–H groups in total. The molecule has 0 spiro atoms. The lowest BCUT2D eigenvalue weighted by molar-refractivity contribution is 0.820. The number of rotatable bonds is 1. The van der Waals surface area contributed by atoms with Crippen LogP contribution in [-0.4, -0.2) is 13.1 Å². The van der Waals surface area contributed by atoms with E-state index in [4.69, 9.17) is 0 Å². The molecule has 0 amide bonds. The molecule has 1 saturated heterocycles. The van der Waals surface area contributed by atoms with Crippen molar-refractivity contribution in [1.82, 2.24) is 0 Å². The van der Waals surface area contributed by atoms with Crippen LogP contribution < -0.4 is 4.90 Å². The number of piperidine rings is 1. The Labute approximate surface area is 73.0 Å². The van der Waals surface area contributed by atoms with Crippen molar-refractivity contribution in [2.24, 2.45) is 11.8 Å². The Morgan fingerprint density at radius 1 is 1.00 bits per heavy atom. The van der Waals surface area contributed by atoms with E-state index in [1.807, 2.05) is 0 Å². The van der Waals surface area contributed by atoms with Gasteiger partial charge in [-0.3, -0.25) is 0 Å². The summed E-state index contributed by atoms with van der Waals surface area (Å²) in [5.41, 5.74) is 1.41. The van der Waals surface area contributed by atoms with Gasteiger partial charge in [-0.15, -0.1) is 0 Å². The molecule has 12 heavy (non-hydrogen) atoms. The van der Waals surface area contributed by atoms with Crippen LogP contribution in [0.2, 0.25) is 0 Å². The second-order valence-electron chi connectivity index (χ2n) is 4.00. The van der Waals surface area contributed by atoms with Gasteiger partial charge in [0.1, 0.15) is 0 Å². The lowest BCUT2D eigenvalue weighted by Gasteiger charge is -2.19. The summed E-state index contributed by atoms with van der Waals surface area (Å²) in [5.74, 6) is 2.07. The maximum absolute atomic E-state index is 2.51. The number of hydrogen-bond acceptors (Lipinski definition) is 1. The van der Waals surface area contributed by atoms with Crippen LogP contribution in [0.1, 0.15) is 6.42 Å². The number of anilines is 1. The van der Waals surface area contributed by atoms with E-state index < -0.39 is 0 Å². The van der Waals surface area contributed by atoms with E-state index in [0.29, 0.717) is 0 Å². The number of para-hydroxylation sites is 1. The number of fused-ring (bicyclic) bond motifs is 1. The number of benzene rings is 1. The van der Waals surface area contributed by atoms with Crippen molar-refractivity contribution < 1.29 is 0 Å². The summed E-state index contributed by atoms with van der Waals surface area (Å²) < 4.78 is 0. The van der Waals surface area contributed by atoms with Gasteiger partial charge in [0.2, 0.25) is 0 Å². The van der Waals surface area contributed by atoms with Gasteiger partial charge in [0.15, 0.2) is 0 Å². The summed E-state index contributed by atoms with van der Waals surface area (Å²) in [6.45, 7) is 2.60. The Kier molecular flexibility index (Phi) is 1.23. The van der Waals surface area contributed by atoms with Crippen molar-refractivity contribution >= 4 is 5.69 Å². The highest BCUT2D eigenvalue weighted by molar-refractivity contribution is 5.48. The van der Waals surface area contributed by atoms with Gasteiger partial charge in [-0.05, 0) is 30.4 Å². The Hall–Kier alpha value is -0.980.